The summed E-state index contributed by atoms with van der Waals surface area (Å²) in [5.74, 6) is 1.05. The first-order chi connectivity index (χ1) is 7.27. The monoisotopic (exact) mass is 207 g/mol. The Labute approximate surface area is 90.7 Å². The van der Waals surface area contributed by atoms with E-state index in [2.05, 4.69) is 25.2 Å². The Bertz CT molecular complexity index is 344. The maximum atomic E-state index is 13.5. The van der Waals surface area contributed by atoms with E-state index in [0.29, 0.717) is 11.8 Å². The number of halogens is 1. The van der Waals surface area contributed by atoms with Crippen LogP contribution in [0.4, 0.5) is 10.1 Å². The van der Waals surface area contributed by atoms with E-state index >= 15 is 0 Å². The Morgan fingerprint density at radius 3 is 2.80 bits per heavy atom. The van der Waals surface area contributed by atoms with Gasteiger partial charge < -0.3 is 5.32 Å². The number of nitrogens with one attached hydrogen (secondary N) is 1. The lowest BCUT2D eigenvalue weighted by Crippen LogP contribution is -2.13. The molecule has 0 aliphatic carbocycles. The highest BCUT2D eigenvalue weighted by molar-refractivity contribution is 5.58. The number of fused-ring (bicyclic) bond motifs is 1. The van der Waals surface area contributed by atoms with Gasteiger partial charge in [0.25, 0.3) is 0 Å². The van der Waals surface area contributed by atoms with Crippen molar-refractivity contribution in [1.82, 2.24) is 0 Å². The van der Waals surface area contributed by atoms with Gasteiger partial charge in [-0.25, -0.2) is 4.39 Å². The number of anilines is 1. The molecule has 0 bridgehead atoms. The van der Waals surface area contributed by atoms with Gasteiger partial charge in [0.05, 0.1) is 5.69 Å². The van der Waals surface area contributed by atoms with E-state index in [4.69, 9.17) is 0 Å². The SMILES string of the molecule is CCC(CC)C1CNc2c(F)cccc21. The molecule has 1 aliphatic heterocycles. The summed E-state index contributed by atoms with van der Waals surface area (Å²) in [5, 5.41) is 3.19. The molecule has 2 heteroatoms. The first-order valence-electron chi connectivity index (χ1n) is 5.80. The van der Waals surface area contributed by atoms with Crippen LogP contribution >= 0.6 is 0 Å². The van der Waals surface area contributed by atoms with Gasteiger partial charge in [-0.05, 0) is 17.5 Å². The zero-order valence-electron chi connectivity index (χ0n) is 9.39. The molecule has 1 heterocycles. The summed E-state index contributed by atoms with van der Waals surface area (Å²) in [5.41, 5.74) is 1.90. The van der Waals surface area contributed by atoms with E-state index in [9.17, 15) is 4.39 Å². The van der Waals surface area contributed by atoms with Gasteiger partial charge in [0.1, 0.15) is 5.82 Å². The lowest BCUT2D eigenvalue weighted by Gasteiger charge is -2.20. The highest BCUT2D eigenvalue weighted by Crippen LogP contribution is 2.39. The van der Waals surface area contributed by atoms with Gasteiger partial charge in [-0.1, -0.05) is 38.8 Å². The first kappa shape index (κ1) is 10.5. The predicted octanol–water partition coefficient (Wildman–Crippen LogP) is 3.77. The number of rotatable bonds is 3. The molecule has 1 aromatic carbocycles. The van der Waals surface area contributed by atoms with Gasteiger partial charge in [0, 0.05) is 12.5 Å². The van der Waals surface area contributed by atoms with Crippen molar-refractivity contribution < 1.29 is 4.39 Å². The van der Waals surface area contributed by atoms with Gasteiger partial charge in [0.2, 0.25) is 0 Å². The molecule has 2 rings (SSSR count). The lowest BCUT2D eigenvalue weighted by molar-refractivity contribution is 0.418. The highest BCUT2D eigenvalue weighted by Gasteiger charge is 2.29. The Hall–Kier alpha value is -1.05. The summed E-state index contributed by atoms with van der Waals surface area (Å²) < 4.78 is 13.5. The van der Waals surface area contributed by atoms with Crippen molar-refractivity contribution in [2.24, 2.45) is 5.92 Å². The average Bonchev–Trinajstić information content (AvgIpc) is 2.66. The van der Waals surface area contributed by atoms with Crippen LogP contribution < -0.4 is 5.32 Å². The van der Waals surface area contributed by atoms with Crippen LogP contribution in [0.3, 0.4) is 0 Å². The van der Waals surface area contributed by atoms with Crippen LogP contribution in [0.15, 0.2) is 18.2 Å². The molecule has 1 nitrogen and oxygen atoms in total. The van der Waals surface area contributed by atoms with Gasteiger partial charge in [-0.3, -0.25) is 0 Å². The van der Waals surface area contributed by atoms with Crippen molar-refractivity contribution in [2.45, 2.75) is 32.6 Å². The number of hydrogen-bond acceptors (Lipinski definition) is 1. The highest BCUT2D eigenvalue weighted by atomic mass is 19.1. The van der Waals surface area contributed by atoms with Crippen molar-refractivity contribution in [2.75, 3.05) is 11.9 Å². The fourth-order valence-electron chi connectivity index (χ4n) is 2.64. The molecule has 0 spiro atoms. The van der Waals surface area contributed by atoms with Crippen LogP contribution in [0, 0.1) is 11.7 Å². The molecule has 0 aromatic heterocycles. The molecular formula is C13H18FN. The zero-order valence-corrected chi connectivity index (χ0v) is 9.39. The second-order valence-corrected chi connectivity index (χ2v) is 4.27. The summed E-state index contributed by atoms with van der Waals surface area (Å²) in [6.07, 6.45) is 2.33. The van der Waals surface area contributed by atoms with Gasteiger partial charge >= 0.3 is 0 Å². The molecule has 0 fully saturated rings. The summed E-state index contributed by atoms with van der Waals surface area (Å²) in [6.45, 7) is 5.32. The van der Waals surface area contributed by atoms with Crippen LogP contribution in [-0.2, 0) is 0 Å². The van der Waals surface area contributed by atoms with E-state index < -0.39 is 0 Å². The fourth-order valence-corrected chi connectivity index (χ4v) is 2.64. The van der Waals surface area contributed by atoms with Crippen LogP contribution in [0.25, 0.3) is 0 Å². The molecule has 0 saturated heterocycles. The second kappa shape index (κ2) is 4.21. The molecule has 0 saturated carbocycles. The minimum absolute atomic E-state index is 0.110. The molecule has 15 heavy (non-hydrogen) atoms. The third-order valence-electron chi connectivity index (χ3n) is 3.56. The molecule has 82 valence electrons. The van der Waals surface area contributed by atoms with E-state index in [-0.39, 0.29) is 5.82 Å². The maximum absolute atomic E-state index is 13.5. The number of benzene rings is 1. The topological polar surface area (TPSA) is 12.0 Å². The fraction of sp³-hybridized carbons (Fsp3) is 0.538. The third-order valence-corrected chi connectivity index (χ3v) is 3.56. The normalized spacial score (nSPS) is 19.1. The smallest absolute Gasteiger partial charge is 0.146 e. The Kier molecular flexibility index (Phi) is 2.94. The molecule has 0 radical (unpaired) electrons. The first-order valence-corrected chi connectivity index (χ1v) is 5.80. The van der Waals surface area contributed by atoms with Crippen molar-refractivity contribution in [3.63, 3.8) is 0 Å². The summed E-state index contributed by atoms with van der Waals surface area (Å²) >= 11 is 0. The molecule has 1 aromatic rings. The predicted molar refractivity (Wildman–Crippen MR) is 61.7 cm³/mol. The summed E-state index contributed by atoms with van der Waals surface area (Å²) in [6, 6.07) is 5.40. The maximum Gasteiger partial charge on any atom is 0.146 e. The van der Waals surface area contributed by atoms with Gasteiger partial charge in [-0.2, -0.15) is 0 Å². The average molecular weight is 207 g/mol. The van der Waals surface area contributed by atoms with Crippen molar-refractivity contribution in [3.05, 3.63) is 29.6 Å². The largest absolute Gasteiger partial charge is 0.382 e. The molecule has 0 amide bonds. The minimum Gasteiger partial charge on any atom is -0.382 e. The number of hydrogen-bond donors (Lipinski definition) is 1. The van der Waals surface area contributed by atoms with Crippen molar-refractivity contribution >= 4 is 5.69 Å². The molecular weight excluding hydrogens is 189 g/mol. The van der Waals surface area contributed by atoms with Gasteiger partial charge in [-0.15, -0.1) is 0 Å². The lowest BCUT2D eigenvalue weighted by atomic mass is 9.84. The summed E-state index contributed by atoms with van der Waals surface area (Å²) in [4.78, 5) is 0. The van der Waals surface area contributed by atoms with E-state index in [1.54, 1.807) is 0 Å². The second-order valence-electron chi connectivity index (χ2n) is 4.27. The van der Waals surface area contributed by atoms with Crippen LogP contribution in [0.1, 0.15) is 38.2 Å². The van der Waals surface area contributed by atoms with E-state index in [1.165, 1.54) is 24.5 Å². The molecule has 1 N–H and O–H groups in total. The van der Waals surface area contributed by atoms with Gasteiger partial charge in [0.15, 0.2) is 0 Å². The molecule has 1 unspecified atom stereocenters. The van der Waals surface area contributed by atoms with Crippen LogP contribution in [-0.4, -0.2) is 6.54 Å². The molecule has 1 atom stereocenters. The van der Waals surface area contributed by atoms with E-state index in [0.717, 1.165) is 12.2 Å². The van der Waals surface area contributed by atoms with Crippen molar-refractivity contribution in [3.8, 4) is 0 Å². The third kappa shape index (κ3) is 1.73. The standard InChI is InChI=1S/C13H18FN/c1-3-9(4-2)11-8-15-13-10(11)6-5-7-12(13)14/h5-7,9,11,15H,3-4,8H2,1-2H3. The molecule has 1 aliphatic rings. The quantitative estimate of drug-likeness (QED) is 0.795. The Morgan fingerprint density at radius 2 is 2.13 bits per heavy atom. The van der Waals surface area contributed by atoms with Crippen molar-refractivity contribution in [1.29, 1.82) is 0 Å². The zero-order chi connectivity index (χ0) is 10.8. The number of para-hydroxylation sites is 1. The summed E-state index contributed by atoms with van der Waals surface area (Å²) in [7, 11) is 0. The van der Waals surface area contributed by atoms with E-state index in [1.807, 2.05) is 6.07 Å². The van der Waals surface area contributed by atoms with Crippen LogP contribution in [0.5, 0.6) is 0 Å². The Morgan fingerprint density at radius 1 is 1.40 bits per heavy atom. The Balaban J connectivity index is 2.32. The van der Waals surface area contributed by atoms with Crippen LogP contribution in [0.2, 0.25) is 0 Å². The minimum atomic E-state index is -0.110.